The number of ether oxygens (including phenoxy) is 1. The molecule has 0 radical (unpaired) electrons. The van der Waals surface area contributed by atoms with Gasteiger partial charge in [-0.15, -0.1) is 0 Å². The lowest BCUT2D eigenvalue weighted by atomic mass is 9.95. The molecule has 1 aliphatic rings. The van der Waals surface area contributed by atoms with E-state index in [1.165, 1.54) is 6.42 Å². The van der Waals surface area contributed by atoms with Gasteiger partial charge in [-0.1, -0.05) is 77.1 Å². The molecular formula is C28H28BrClN2O3. The molecule has 0 atom stereocenters. The maximum Gasteiger partial charge on any atom is 0.259 e. The number of nitrogens with one attached hydrogen (secondary N) is 2. The van der Waals surface area contributed by atoms with E-state index in [0.29, 0.717) is 34.2 Å². The van der Waals surface area contributed by atoms with Crippen molar-refractivity contribution in [1.82, 2.24) is 5.32 Å². The number of hydrogen-bond acceptors (Lipinski definition) is 3. The van der Waals surface area contributed by atoms with E-state index < -0.39 is 0 Å². The number of anilines is 1. The minimum absolute atomic E-state index is 0.169. The summed E-state index contributed by atoms with van der Waals surface area (Å²) in [6.45, 7) is 0.443. The van der Waals surface area contributed by atoms with Crippen molar-refractivity contribution in [1.29, 1.82) is 0 Å². The second-order valence-electron chi connectivity index (χ2n) is 8.68. The van der Waals surface area contributed by atoms with Gasteiger partial charge in [0.1, 0.15) is 5.75 Å². The van der Waals surface area contributed by atoms with Crippen LogP contribution in [0.15, 0.2) is 71.2 Å². The van der Waals surface area contributed by atoms with Crippen molar-refractivity contribution in [3.05, 3.63) is 92.9 Å². The van der Waals surface area contributed by atoms with E-state index >= 15 is 0 Å². The van der Waals surface area contributed by atoms with Gasteiger partial charge in [0, 0.05) is 22.6 Å². The third-order valence-electron chi connectivity index (χ3n) is 6.09. The Labute approximate surface area is 219 Å². The molecule has 4 rings (SSSR count). The summed E-state index contributed by atoms with van der Waals surface area (Å²) >= 11 is 9.75. The van der Waals surface area contributed by atoms with Gasteiger partial charge in [0.2, 0.25) is 0 Å². The molecule has 0 aliphatic heterocycles. The van der Waals surface area contributed by atoms with Gasteiger partial charge in [-0.3, -0.25) is 9.59 Å². The number of halogens is 2. The topological polar surface area (TPSA) is 67.4 Å². The number of hydrogen-bond donors (Lipinski definition) is 2. The van der Waals surface area contributed by atoms with Crippen LogP contribution in [0, 0.1) is 0 Å². The summed E-state index contributed by atoms with van der Waals surface area (Å²) in [6, 6.07) is 20.5. The first-order valence-electron chi connectivity index (χ1n) is 11.9. The van der Waals surface area contributed by atoms with Crippen molar-refractivity contribution in [2.45, 2.75) is 44.6 Å². The summed E-state index contributed by atoms with van der Waals surface area (Å²) < 4.78 is 6.72. The summed E-state index contributed by atoms with van der Waals surface area (Å²) in [7, 11) is 0. The minimum Gasteiger partial charge on any atom is -0.492 e. The molecule has 35 heavy (non-hydrogen) atoms. The first-order chi connectivity index (χ1) is 17.0. The Balaban J connectivity index is 1.44. The van der Waals surface area contributed by atoms with Crippen LogP contribution in [0.4, 0.5) is 5.69 Å². The lowest BCUT2D eigenvalue weighted by Crippen LogP contribution is -2.36. The average Bonchev–Trinajstić information content (AvgIpc) is 2.87. The van der Waals surface area contributed by atoms with Crippen LogP contribution >= 0.6 is 27.5 Å². The number of benzene rings is 3. The van der Waals surface area contributed by atoms with Crippen LogP contribution in [-0.4, -0.2) is 24.5 Å². The molecular weight excluding hydrogens is 528 g/mol. The third kappa shape index (κ3) is 7.09. The lowest BCUT2D eigenvalue weighted by Gasteiger charge is -2.23. The van der Waals surface area contributed by atoms with Crippen molar-refractivity contribution in [2.24, 2.45) is 0 Å². The summed E-state index contributed by atoms with van der Waals surface area (Å²) in [5.41, 5.74) is 2.40. The average molecular weight is 556 g/mol. The van der Waals surface area contributed by atoms with E-state index in [4.69, 9.17) is 16.3 Å². The molecule has 182 valence electrons. The third-order valence-corrected chi connectivity index (χ3v) is 6.91. The Bertz CT molecular complexity index is 1180. The summed E-state index contributed by atoms with van der Waals surface area (Å²) in [5.74, 6) is -0.0572. The van der Waals surface area contributed by atoms with Crippen molar-refractivity contribution in [3.63, 3.8) is 0 Å². The van der Waals surface area contributed by atoms with Crippen molar-refractivity contribution >= 4 is 45.0 Å². The molecule has 0 spiro atoms. The van der Waals surface area contributed by atoms with E-state index in [2.05, 4.69) is 26.6 Å². The first-order valence-corrected chi connectivity index (χ1v) is 13.0. The second kappa shape index (κ2) is 12.2. The van der Waals surface area contributed by atoms with Gasteiger partial charge in [0.15, 0.2) is 0 Å². The molecule has 1 saturated carbocycles. The van der Waals surface area contributed by atoms with Crippen LogP contribution in [0.25, 0.3) is 0 Å². The van der Waals surface area contributed by atoms with E-state index in [1.807, 2.05) is 36.4 Å². The zero-order chi connectivity index (χ0) is 24.6. The monoisotopic (exact) mass is 554 g/mol. The zero-order valence-corrected chi connectivity index (χ0v) is 21.7. The molecule has 0 aromatic heterocycles. The highest BCUT2D eigenvalue weighted by Crippen LogP contribution is 2.27. The van der Waals surface area contributed by atoms with E-state index in [1.54, 1.807) is 30.3 Å². The predicted octanol–water partition coefficient (Wildman–Crippen LogP) is 7.04. The predicted molar refractivity (Wildman–Crippen MR) is 144 cm³/mol. The Morgan fingerprint density at radius 3 is 2.46 bits per heavy atom. The number of rotatable bonds is 8. The maximum absolute atomic E-state index is 13.2. The molecule has 2 N–H and O–H groups in total. The fourth-order valence-electron chi connectivity index (χ4n) is 4.21. The fraction of sp³-hybridized carbons (Fsp3) is 0.286. The summed E-state index contributed by atoms with van der Waals surface area (Å²) in [4.78, 5) is 26.0. The maximum atomic E-state index is 13.2. The molecule has 7 heteroatoms. The van der Waals surface area contributed by atoms with Crippen LogP contribution in [-0.2, 0) is 6.42 Å². The number of carbonyl (C=O) groups excluding carboxylic acids is 2. The Morgan fingerprint density at radius 1 is 0.914 bits per heavy atom. The molecule has 2 amide bonds. The lowest BCUT2D eigenvalue weighted by molar-refractivity contribution is 0.0926. The highest BCUT2D eigenvalue weighted by Gasteiger charge is 2.20. The molecule has 0 saturated heterocycles. The minimum atomic E-state index is -0.332. The van der Waals surface area contributed by atoms with Gasteiger partial charge in [-0.2, -0.15) is 0 Å². The van der Waals surface area contributed by atoms with E-state index in [0.717, 1.165) is 42.1 Å². The molecule has 0 unspecified atom stereocenters. The van der Waals surface area contributed by atoms with Gasteiger partial charge in [-0.05, 0) is 54.8 Å². The zero-order valence-electron chi connectivity index (χ0n) is 19.4. The van der Waals surface area contributed by atoms with Crippen LogP contribution in [0.5, 0.6) is 5.75 Å². The number of amides is 2. The first kappa shape index (κ1) is 25.3. The Hall–Kier alpha value is -2.83. The Morgan fingerprint density at radius 2 is 1.69 bits per heavy atom. The highest BCUT2D eigenvalue weighted by molar-refractivity contribution is 9.10. The van der Waals surface area contributed by atoms with Gasteiger partial charge in [-0.25, -0.2) is 0 Å². The van der Waals surface area contributed by atoms with Crippen molar-refractivity contribution < 1.29 is 14.3 Å². The quantitative estimate of drug-likeness (QED) is 0.313. The van der Waals surface area contributed by atoms with Crippen molar-refractivity contribution in [2.75, 3.05) is 11.9 Å². The summed E-state index contributed by atoms with van der Waals surface area (Å²) in [5, 5.41) is 6.31. The van der Waals surface area contributed by atoms with Gasteiger partial charge in [0.05, 0.1) is 22.8 Å². The van der Waals surface area contributed by atoms with Gasteiger partial charge < -0.3 is 15.4 Å². The largest absolute Gasteiger partial charge is 0.492 e. The van der Waals surface area contributed by atoms with Crippen LogP contribution in [0.3, 0.4) is 0 Å². The molecule has 3 aromatic carbocycles. The van der Waals surface area contributed by atoms with Crippen molar-refractivity contribution in [3.8, 4) is 5.75 Å². The van der Waals surface area contributed by atoms with Crippen LogP contribution < -0.4 is 15.4 Å². The molecule has 0 bridgehead atoms. The molecule has 5 nitrogen and oxygen atoms in total. The van der Waals surface area contributed by atoms with Crippen LogP contribution in [0.1, 0.15) is 58.4 Å². The standard InChI is InChI=1S/C28H28BrClN2O3/c29-20-11-14-26(35-16-15-19-7-3-1-4-8-19)24(17-20)28(34)32-22-12-13-25(30)23(18-22)27(33)31-21-9-5-2-6-10-21/h1,3-4,7-8,11-14,17-18,21H,2,5-6,9-10,15-16H2,(H,31,33)(H,32,34). The second-order valence-corrected chi connectivity index (χ2v) is 10.0. The highest BCUT2D eigenvalue weighted by atomic mass is 79.9. The fourth-order valence-corrected chi connectivity index (χ4v) is 4.78. The van der Waals surface area contributed by atoms with E-state index in [-0.39, 0.29) is 17.9 Å². The van der Waals surface area contributed by atoms with Crippen LogP contribution in [0.2, 0.25) is 5.02 Å². The number of carbonyl (C=O) groups is 2. The Kier molecular flexibility index (Phi) is 8.83. The van der Waals surface area contributed by atoms with Gasteiger partial charge in [0.25, 0.3) is 11.8 Å². The SMILES string of the molecule is O=C(NC1CCCCC1)c1cc(NC(=O)c2cc(Br)ccc2OCCc2ccccc2)ccc1Cl. The molecule has 1 aliphatic carbocycles. The molecule has 3 aromatic rings. The molecule has 1 fully saturated rings. The smallest absolute Gasteiger partial charge is 0.259 e. The van der Waals surface area contributed by atoms with E-state index in [9.17, 15) is 9.59 Å². The van der Waals surface area contributed by atoms with Gasteiger partial charge >= 0.3 is 0 Å². The normalized spacial score (nSPS) is 13.8. The molecule has 0 heterocycles. The summed E-state index contributed by atoms with van der Waals surface area (Å²) in [6.07, 6.45) is 6.15.